The molecular weight excluding hydrogens is 410 g/mol. The highest BCUT2D eigenvalue weighted by Gasteiger charge is 2.44. The van der Waals surface area contributed by atoms with Crippen LogP contribution in [0, 0.1) is 0 Å². The van der Waals surface area contributed by atoms with Gasteiger partial charge in [-0.2, -0.15) is 0 Å². The molecule has 5 unspecified atom stereocenters. The van der Waals surface area contributed by atoms with Gasteiger partial charge in [0.2, 0.25) is 0 Å². The Balaban J connectivity index is 1.53. The molecule has 0 aliphatic carbocycles. The predicted octanol–water partition coefficient (Wildman–Crippen LogP) is 1.38. The molecule has 162 valence electrons. The lowest BCUT2D eigenvalue weighted by atomic mass is 9.90. The first kappa shape index (κ1) is 21.5. The third-order valence-corrected chi connectivity index (χ3v) is 6.25. The van der Waals surface area contributed by atoms with Crippen molar-refractivity contribution in [3.63, 3.8) is 0 Å². The molecule has 2 aromatic rings. The molecule has 0 amide bonds. The second-order valence-electron chi connectivity index (χ2n) is 7.88. The van der Waals surface area contributed by atoms with Crippen LogP contribution in [0.15, 0.2) is 36.4 Å². The average molecular weight is 436 g/mol. The summed E-state index contributed by atoms with van der Waals surface area (Å²) in [5.74, 6) is 0.832. The Morgan fingerprint density at radius 3 is 2.53 bits per heavy atom. The van der Waals surface area contributed by atoms with Crippen LogP contribution in [-0.4, -0.2) is 63.5 Å². The summed E-state index contributed by atoms with van der Waals surface area (Å²) in [6.45, 7) is 1.70. The van der Waals surface area contributed by atoms with Gasteiger partial charge in [-0.1, -0.05) is 29.8 Å². The number of methoxy groups -OCH3 is 1. The number of hydrogen-bond donors (Lipinski definition) is 4. The normalized spacial score (nSPS) is 29.1. The lowest BCUT2D eigenvalue weighted by molar-refractivity contribution is -0.231. The van der Waals surface area contributed by atoms with E-state index in [0.717, 1.165) is 24.4 Å². The van der Waals surface area contributed by atoms with Gasteiger partial charge in [0.05, 0.1) is 13.7 Å². The molecule has 4 N–H and O–H groups in total. The van der Waals surface area contributed by atoms with Crippen LogP contribution in [0.25, 0.3) is 0 Å². The van der Waals surface area contributed by atoms with Crippen molar-refractivity contribution in [1.82, 2.24) is 4.90 Å². The zero-order chi connectivity index (χ0) is 21.4. The molecule has 30 heavy (non-hydrogen) atoms. The second kappa shape index (κ2) is 8.80. The molecule has 5 atom stereocenters. The molecule has 4 rings (SSSR count). The number of nitrogens with zero attached hydrogens (tertiary/aromatic N) is 1. The van der Waals surface area contributed by atoms with E-state index in [0.29, 0.717) is 17.1 Å². The van der Waals surface area contributed by atoms with E-state index in [1.54, 1.807) is 19.2 Å². The standard InChI is InChI=1S/C22H26ClNO6/c1-29-16-4-2-13-8-24(9-14(13)7-16)10-15-6-12(3-5-17(15)23)22-21(28)20(27)19(26)18(11-25)30-22/h2-7,18-22,25-28H,8-11H2,1H3. The fourth-order valence-electron chi connectivity index (χ4n) is 4.19. The highest BCUT2D eigenvalue weighted by Crippen LogP contribution is 2.35. The molecule has 0 saturated carbocycles. The van der Waals surface area contributed by atoms with Crippen molar-refractivity contribution in [2.75, 3.05) is 13.7 Å². The minimum atomic E-state index is -1.41. The van der Waals surface area contributed by atoms with E-state index in [4.69, 9.17) is 21.1 Å². The Morgan fingerprint density at radius 1 is 1.03 bits per heavy atom. The van der Waals surface area contributed by atoms with E-state index in [9.17, 15) is 20.4 Å². The molecule has 1 saturated heterocycles. The maximum Gasteiger partial charge on any atom is 0.119 e. The Kier molecular flexibility index (Phi) is 6.31. The summed E-state index contributed by atoms with van der Waals surface area (Å²) in [7, 11) is 1.65. The van der Waals surface area contributed by atoms with E-state index in [-0.39, 0.29) is 0 Å². The van der Waals surface area contributed by atoms with Gasteiger partial charge in [-0.05, 0) is 40.5 Å². The summed E-state index contributed by atoms with van der Waals surface area (Å²) in [5, 5.41) is 40.5. The lowest BCUT2D eigenvalue weighted by Crippen LogP contribution is -2.55. The number of aliphatic hydroxyl groups excluding tert-OH is 4. The SMILES string of the molecule is COc1ccc2c(c1)CN(Cc1cc(C3OC(CO)C(O)C(O)C3O)ccc1Cl)C2. The maximum absolute atomic E-state index is 10.4. The smallest absolute Gasteiger partial charge is 0.119 e. The minimum absolute atomic E-state index is 0.461. The number of benzene rings is 2. The van der Waals surface area contributed by atoms with Crippen LogP contribution in [0.3, 0.4) is 0 Å². The highest BCUT2D eigenvalue weighted by molar-refractivity contribution is 6.31. The first-order valence-corrected chi connectivity index (χ1v) is 10.3. The second-order valence-corrected chi connectivity index (χ2v) is 8.29. The number of fused-ring (bicyclic) bond motifs is 1. The van der Waals surface area contributed by atoms with Crippen LogP contribution < -0.4 is 4.74 Å². The molecule has 0 spiro atoms. The van der Waals surface area contributed by atoms with Crippen molar-refractivity contribution in [3.05, 3.63) is 63.7 Å². The molecule has 2 aliphatic heterocycles. The van der Waals surface area contributed by atoms with E-state index < -0.39 is 37.1 Å². The third kappa shape index (κ3) is 4.07. The molecule has 0 radical (unpaired) electrons. The lowest BCUT2D eigenvalue weighted by Gasteiger charge is -2.40. The fourth-order valence-corrected chi connectivity index (χ4v) is 4.37. The van der Waals surface area contributed by atoms with Crippen LogP contribution in [0.1, 0.15) is 28.4 Å². The number of ether oxygens (including phenoxy) is 2. The molecule has 7 nitrogen and oxygen atoms in total. The molecule has 1 fully saturated rings. The molecule has 0 bridgehead atoms. The predicted molar refractivity (Wildman–Crippen MR) is 110 cm³/mol. The van der Waals surface area contributed by atoms with Gasteiger partial charge in [0.15, 0.2) is 0 Å². The van der Waals surface area contributed by atoms with Gasteiger partial charge in [-0.25, -0.2) is 0 Å². The maximum atomic E-state index is 10.4. The van der Waals surface area contributed by atoms with Gasteiger partial charge in [0, 0.05) is 24.7 Å². The van der Waals surface area contributed by atoms with E-state index >= 15 is 0 Å². The summed E-state index contributed by atoms with van der Waals surface area (Å²) < 4.78 is 11.0. The van der Waals surface area contributed by atoms with Crippen LogP contribution in [0.4, 0.5) is 0 Å². The average Bonchev–Trinajstić information content (AvgIpc) is 3.15. The van der Waals surface area contributed by atoms with Crippen LogP contribution in [0.5, 0.6) is 5.75 Å². The first-order chi connectivity index (χ1) is 14.4. The quantitative estimate of drug-likeness (QED) is 0.562. The van der Waals surface area contributed by atoms with Crippen molar-refractivity contribution in [2.45, 2.75) is 50.2 Å². The molecule has 2 heterocycles. The van der Waals surface area contributed by atoms with Crippen LogP contribution in [0.2, 0.25) is 5.02 Å². The molecule has 2 aromatic carbocycles. The summed E-state index contributed by atoms with van der Waals surface area (Å²) in [4.78, 5) is 2.25. The topological polar surface area (TPSA) is 103 Å². The van der Waals surface area contributed by atoms with Gasteiger partial charge in [-0.3, -0.25) is 4.90 Å². The van der Waals surface area contributed by atoms with Crippen LogP contribution in [-0.2, 0) is 24.4 Å². The number of rotatable bonds is 5. The van der Waals surface area contributed by atoms with Crippen LogP contribution >= 0.6 is 11.6 Å². The molecule has 8 heteroatoms. The van der Waals surface area contributed by atoms with Gasteiger partial charge < -0.3 is 29.9 Å². The fraction of sp³-hybridized carbons (Fsp3) is 0.455. The Labute approximate surface area is 180 Å². The molecule has 0 aromatic heterocycles. The van der Waals surface area contributed by atoms with Gasteiger partial charge in [-0.15, -0.1) is 0 Å². The number of hydrogen-bond acceptors (Lipinski definition) is 7. The van der Waals surface area contributed by atoms with Crippen molar-refractivity contribution in [3.8, 4) is 5.75 Å². The first-order valence-electron chi connectivity index (χ1n) is 9.88. The zero-order valence-electron chi connectivity index (χ0n) is 16.6. The monoisotopic (exact) mass is 435 g/mol. The number of aliphatic hydroxyl groups is 4. The van der Waals surface area contributed by atoms with E-state index in [1.807, 2.05) is 18.2 Å². The van der Waals surface area contributed by atoms with Gasteiger partial charge in [0.25, 0.3) is 0 Å². The largest absolute Gasteiger partial charge is 0.497 e. The summed E-state index contributed by atoms with van der Waals surface area (Å²) in [5.41, 5.74) is 3.96. The summed E-state index contributed by atoms with van der Waals surface area (Å²) >= 11 is 6.44. The molecule has 2 aliphatic rings. The van der Waals surface area contributed by atoms with Crippen molar-refractivity contribution >= 4 is 11.6 Å². The van der Waals surface area contributed by atoms with Crippen molar-refractivity contribution in [2.24, 2.45) is 0 Å². The van der Waals surface area contributed by atoms with E-state index in [2.05, 4.69) is 11.0 Å². The van der Waals surface area contributed by atoms with Gasteiger partial charge >= 0.3 is 0 Å². The summed E-state index contributed by atoms with van der Waals surface area (Å²) in [6.07, 6.45) is -5.94. The Bertz CT molecular complexity index is 907. The zero-order valence-corrected chi connectivity index (χ0v) is 17.4. The minimum Gasteiger partial charge on any atom is -0.497 e. The van der Waals surface area contributed by atoms with E-state index in [1.165, 1.54) is 11.1 Å². The van der Waals surface area contributed by atoms with Crippen molar-refractivity contribution < 1.29 is 29.9 Å². The number of halogens is 1. The Hall–Kier alpha value is -1.71. The third-order valence-electron chi connectivity index (χ3n) is 5.89. The van der Waals surface area contributed by atoms with Gasteiger partial charge in [0.1, 0.15) is 36.3 Å². The molecular formula is C22H26ClNO6. The van der Waals surface area contributed by atoms with Crippen molar-refractivity contribution in [1.29, 1.82) is 0 Å². The Morgan fingerprint density at radius 2 is 1.80 bits per heavy atom. The highest BCUT2D eigenvalue weighted by atomic mass is 35.5. The summed E-state index contributed by atoms with van der Waals surface area (Å²) in [6, 6.07) is 11.4.